The van der Waals surface area contributed by atoms with Gasteiger partial charge in [0.05, 0.1) is 10.5 Å². The number of carboxylic acid groups (broad SMARTS) is 1. The van der Waals surface area contributed by atoms with Gasteiger partial charge in [-0.15, -0.1) is 0 Å². The molecule has 1 aromatic heterocycles. The van der Waals surface area contributed by atoms with Crippen LogP contribution in [0, 0.1) is 0 Å². The van der Waals surface area contributed by atoms with Crippen molar-refractivity contribution in [1.82, 2.24) is 14.6 Å². The molecule has 5 rings (SSSR count). The lowest BCUT2D eigenvalue weighted by molar-refractivity contribution is 0.0696. The van der Waals surface area contributed by atoms with Crippen molar-refractivity contribution in [2.24, 2.45) is 0 Å². The molecule has 0 saturated carbocycles. The molecule has 1 aliphatic rings. The second kappa shape index (κ2) is 9.64. The van der Waals surface area contributed by atoms with Gasteiger partial charge in [-0.3, -0.25) is 9.59 Å². The van der Waals surface area contributed by atoms with Crippen LogP contribution in [0.25, 0.3) is 10.9 Å². The summed E-state index contributed by atoms with van der Waals surface area (Å²) in [6.45, 7) is 1.27. The van der Waals surface area contributed by atoms with Gasteiger partial charge in [0.25, 0.3) is 5.91 Å². The lowest BCUT2D eigenvalue weighted by Crippen LogP contribution is -2.23. The predicted octanol–water partition coefficient (Wildman–Crippen LogP) is 2.75. The highest BCUT2D eigenvalue weighted by molar-refractivity contribution is 7.89. The largest absolute Gasteiger partial charge is 0.478 e. The molecule has 0 aliphatic carbocycles. The van der Waals surface area contributed by atoms with Crippen LogP contribution in [0.4, 0.5) is 0 Å². The van der Waals surface area contributed by atoms with Gasteiger partial charge in [-0.1, -0.05) is 24.3 Å². The average molecular weight is 518 g/mol. The number of aromatic carboxylic acids is 1. The quantitative estimate of drug-likeness (QED) is 0.308. The minimum absolute atomic E-state index is 0.170. The van der Waals surface area contributed by atoms with Gasteiger partial charge in [0, 0.05) is 54.3 Å². The molecule has 3 aromatic carbocycles. The van der Waals surface area contributed by atoms with Gasteiger partial charge >= 0.3 is 5.97 Å². The van der Waals surface area contributed by atoms with Crippen LogP contribution in [0.5, 0.6) is 0 Å². The Morgan fingerprint density at radius 1 is 0.919 bits per heavy atom. The summed E-state index contributed by atoms with van der Waals surface area (Å²) in [4.78, 5) is 40.3. The van der Waals surface area contributed by atoms with Gasteiger partial charge in [-0.05, 0) is 53.6 Å². The van der Waals surface area contributed by atoms with E-state index in [1.54, 1.807) is 48.7 Å². The molecule has 1 saturated heterocycles. The molecular formula is C27H23N3O6S. The second-order valence-electron chi connectivity index (χ2n) is 8.81. The topological polar surface area (TPSA) is 136 Å². The van der Waals surface area contributed by atoms with E-state index in [9.17, 15) is 22.8 Å². The van der Waals surface area contributed by atoms with E-state index in [2.05, 4.69) is 10.3 Å². The van der Waals surface area contributed by atoms with Crippen molar-refractivity contribution >= 4 is 32.8 Å². The van der Waals surface area contributed by atoms with Gasteiger partial charge in [0.2, 0.25) is 10.0 Å². The molecule has 1 amide bonds. The first-order valence-corrected chi connectivity index (χ1v) is 13.0. The van der Waals surface area contributed by atoms with E-state index in [0.29, 0.717) is 41.5 Å². The lowest BCUT2D eigenvalue weighted by atomic mass is 10.0. The highest BCUT2D eigenvalue weighted by atomic mass is 32.2. The number of sulfonamides is 1. The molecule has 1 fully saturated rings. The number of carbonyl (C=O) groups excluding carboxylic acids is 1. The molecule has 1 aliphatic heterocycles. The first-order valence-electron chi connectivity index (χ1n) is 11.6. The summed E-state index contributed by atoms with van der Waals surface area (Å²) in [6.07, 6.45) is 1.94. The Hall–Kier alpha value is -4.28. The standard InChI is InChI=1S/C27H23N3O6S/c31-25-21(13-17-1-5-19(6-2-17)27(33)34)16-28-24-10-7-20(14-23(24)25)26(32)29-15-18-3-8-22(9-4-18)37(35,36)30-11-12-30/h1-10,14,16H,11-13,15H2,(H,28,31)(H,29,32)(H,33,34). The van der Waals surface area contributed by atoms with E-state index >= 15 is 0 Å². The van der Waals surface area contributed by atoms with Gasteiger partial charge in [-0.2, -0.15) is 4.31 Å². The number of benzene rings is 3. The Kier molecular flexibility index (Phi) is 6.36. The van der Waals surface area contributed by atoms with Crippen LogP contribution in [-0.2, 0) is 23.0 Å². The Labute approximate surface area is 212 Å². The maximum Gasteiger partial charge on any atom is 0.335 e. The number of carbonyl (C=O) groups is 2. The fourth-order valence-electron chi connectivity index (χ4n) is 4.01. The summed E-state index contributed by atoms with van der Waals surface area (Å²) in [7, 11) is -3.42. The summed E-state index contributed by atoms with van der Waals surface area (Å²) >= 11 is 0. The van der Waals surface area contributed by atoms with Crippen molar-refractivity contribution in [2.75, 3.05) is 13.1 Å². The number of H-pyrrole nitrogens is 1. The molecule has 0 radical (unpaired) electrons. The van der Waals surface area contributed by atoms with Gasteiger partial charge < -0.3 is 15.4 Å². The Bertz CT molecular complexity index is 1670. The molecule has 0 bridgehead atoms. The number of pyridine rings is 1. The molecule has 0 unspecified atom stereocenters. The van der Waals surface area contributed by atoms with Crippen molar-refractivity contribution in [3.05, 3.63) is 111 Å². The lowest BCUT2D eigenvalue weighted by Gasteiger charge is -2.09. The third-order valence-electron chi connectivity index (χ3n) is 6.24. The van der Waals surface area contributed by atoms with Crippen LogP contribution in [-0.4, -0.2) is 47.8 Å². The molecule has 3 N–H and O–H groups in total. The van der Waals surface area contributed by atoms with Crippen molar-refractivity contribution < 1.29 is 23.1 Å². The van der Waals surface area contributed by atoms with Crippen LogP contribution in [0.2, 0.25) is 0 Å². The number of carboxylic acids is 1. The number of aromatic nitrogens is 1. The number of rotatable bonds is 8. The van der Waals surface area contributed by atoms with E-state index < -0.39 is 16.0 Å². The number of hydrogen-bond acceptors (Lipinski definition) is 5. The van der Waals surface area contributed by atoms with Crippen molar-refractivity contribution in [2.45, 2.75) is 17.9 Å². The maximum atomic E-state index is 13.1. The van der Waals surface area contributed by atoms with E-state index in [1.165, 1.54) is 28.6 Å². The Morgan fingerprint density at radius 2 is 1.57 bits per heavy atom. The predicted molar refractivity (Wildman–Crippen MR) is 137 cm³/mol. The summed E-state index contributed by atoms with van der Waals surface area (Å²) in [5, 5.41) is 12.2. The van der Waals surface area contributed by atoms with E-state index in [4.69, 9.17) is 5.11 Å². The minimum Gasteiger partial charge on any atom is -0.478 e. The molecule has 37 heavy (non-hydrogen) atoms. The smallest absolute Gasteiger partial charge is 0.335 e. The second-order valence-corrected chi connectivity index (χ2v) is 10.8. The third-order valence-corrected chi connectivity index (χ3v) is 8.15. The Morgan fingerprint density at radius 3 is 2.22 bits per heavy atom. The monoisotopic (exact) mass is 517 g/mol. The highest BCUT2D eigenvalue weighted by Gasteiger charge is 2.33. The fraction of sp³-hybridized carbons (Fsp3) is 0.148. The normalized spacial score (nSPS) is 13.4. The van der Waals surface area contributed by atoms with Gasteiger partial charge in [0.1, 0.15) is 0 Å². The van der Waals surface area contributed by atoms with Crippen LogP contribution in [0.1, 0.15) is 37.4 Å². The van der Waals surface area contributed by atoms with E-state index in [0.717, 1.165) is 11.1 Å². The van der Waals surface area contributed by atoms with Crippen molar-refractivity contribution in [1.29, 1.82) is 0 Å². The zero-order valence-corrected chi connectivity index (χ0v) is 20.4. The molecule has 188 valence electrons. The molecule has 2 heterocycles. The molecule has 0 atom stereocenters. The fourth-order valence-corrected chi connectivity index (χ4v) is 5.35. The molecule has 0 spiro atoms. The van der Waals surface area contributed by atoms with Gasteiger partial charge in [-0.25, -0.2) is 13.2 Å². The molecular weight excluding hydrogens is 494 g/mol. The van der Waals surface area contributed by atoms with Crippen molar-refractivity contribution in [3.8, 4) is 0 Å². The average Bonchev–Trinajstić information content (AvgIpc) is 3.76. The minimum atomic E-state index is -3.42. The van der Waals surface area contributed by atoms with Gasteiger partial charge in [0.15, 0.2) is 5.43 Å². The molecule has 4 aromatic rings. The third kappa shape index (κ3) is 5.16. The first-order chi connectivity index (χ1) is 17.7. The van der Waals surface area contributed by atoms with Crippen LogP contribution in [0.3, 0.4) is 0 Å². The number of nitrogens with zero attached hydrogens (tertiary/aromatic N) is 1. The van der Waals surface area contributed by atoms with Crippen molar-refractivity contribution in [3.63, 3.8) is 0 Å². The number of fused-ring (bicyclic) bond motifs is 1. The summed E-state index contributed by atoms with van der Waals surface area (Å²) in [5.41, 5.74) is 2.89. The zero-order valence-electron chi connectivity index (χ0n) is 19.6. The molecule has 10 heteroatoms. The summed E-state index contributed by atoms with van der Waals surface area (Å²) < 4.78 is 25.9. The first kappa shape index (κ1) is 24.4. The van der Waals surface area contributed by atoms with E-state index in [1.807, 2.05) is 0 Å². The highest BCUT2D eigenvalue weighted by Crippen LogP contribution is 2.22. The summed E-state index contributed by atoms with van der Waals surface area (Å²) in [5.74, 6) is -1.38. The van der Waals surface area contributed by atoms with E-state index in [-0.39, 0.29) is 28.3 Å². The number of nitrogens with one attached hydrogen (secondary N) is 2. The number of amides is 1. The Balaban J connectivity index is 1.30. The number of hydrogen-bond donors (Lipinski definition) is 3. The zero-order chi connectivity index (χ0) is 26.2. The number of aromatic amines is 1. The van der Waals surface area contributed by atoms with Crippen LogP contribution in [0.15, 0.2) is 82.6 Å². The summed E-state index contributed by atoms with van der Waals surface area (Å²) in [6, 6.07) is 17.5. The van der Waals surface area contributed by atoms with Crippen LogP contribution >= 0.6 is 0 Å². The maximum absolute atomic E-state index is 13.1. The SMILES string of the molecule is O=C(O)c1ccc(Cc2c[nH]c3ccc(C(=O)NCc4ccc(S(=O)(=O)N5CC5)cc4)cc3c2=O)cc1. The molecule has 9 nitrogen and oxygen atoms in total. The van der Waals surface area contributed by atoms with Crippen LogP contribution < -0.4 is 10.7 Å².